The molecule has 0 aliphatic heterocycles. The number of methoxy groups -OCH3 is 1. The van der Waals surface area contributed by atoms with Gasteiger partial charge in [0.2, 0.25) is 5.91 Å². The van der Waals surface area contributed by atoms with E-state index in [9.17, 15) is 9.59 Å². The Balaban J connectivity index is 1.71. The molecular weight excluding hydrogens is 394 g/mol. The van der Waals surface area contributed by atoms with Crippen LogP contribution in [-0.2, 0) is 15.3 Å². The highest BCUT2D eigenvalue weighted by molar-refractivity contribution is 7.99. The maximum atomic E-state index is 12.7. The number of hydrogen-bond donors (Lipinski definition) is 2. The van der Waals surface area contributed by atoms with Crippen LogP contribution in [0.1, 0.15) is 19.7 Å². The lowest BCUT2D eigenvalue weighted by Gasteiger charge is -2.16. The van der Waals surface area contributed by atoms with Gasteiger partial charge < -0.3 is 15.0 Å². The maximum Gasteiger partial charge on any atom is 0.260 e. The van der Waals surface area contributed by atoms with Crippen molar-refractivity contribution >= 4 is 39.2 Å². The summed E-state index contributed by atoms with van der Waals surface area (Å²) < 4.78 is 5.03. The van der Waals surface area contributed by atoms with Crippen LogP contribution in [-0.4, -0.2) is 40.9 Å². The monoisotopic (exact) mass is 417 g/mol. The van der Waals surface area contributed by atoms with E-state index in [1.807, 2.05) is 49.6 Å². The molecule has 2 N–H and O–H groups in total. The summed E-state index contributed by atoms with van der Waals surface area (Å²) in [6.07, 6.45) is 0. The van der Waals surface area contributed by atoms with Crippen LogP contribution in [0.25, 0.3) is 21.3 Å². The van der Waals surface area contributed by atoms with Crippen LogP contribution in [0.5, 0.6) is 0 Å². The molecule has 28 heavy (non-hydrogen) atoms. The molecule has 3 aromatic rings. The van der Waals surface area contributed by atoms with Gasteiger partial charge in [-0.15, -0.1) is 23.1 Å². The molecule has 0 bridgehead atoms. The zero-order valence-corrected chi connectivity index (χ0v) is 17.7. The molecule has 0 saturated heterocycles. The predicted molar refractivity (Wildman–Crippen MR) is 116 cm³/mol. The minimum atomic E-state index is -0.261. The number of fused-ring (bicyclic) bond motifs is 1. The highest BCUT2D eigenvalue weighted by Crippen LogP contribution is 2.30. The van der Waals surface area contributed by atoms with Crippen molar-refractivity contribution in [3.05, 3.63) is 51.9 Å². The molecule has 1 aromatic carbocycles. The van der Waals surface area contributed by atoms with Gasteiger partial charge in [0.05, 0.1) is 23.0 Å². The minimum absolute atomic E-state index is 0.0441. The first kappa shape index (κ1) is 20.6. The first-order valence-corrected chi connectivity index (χ1v) is 10.9. The van der Waals surface area contributed by atoms with Crippen molar-refractivity contribution in [2.45, 2.75) is 30.9 Å². The molecule has 0 radical (unpaired) electrons. The lowest BCUT2D eigenvalue weighted by atomic mass is 10.1. The number of nitrogens with zero attached hydrogens (tertiary/aromatic N) is 1. The highest BCUT2D eigenvalue weighted by atomic mass is 32.2. The maximum absolute atomic E-state index is 12.7. The average Bonchev–Trinajstić information content (AvgIpc) is 3.11. The van der Waals surface area contributed by atoms with Crippen LogP contribution in [0.4, 0.5) is 0 Å². The number of carbonyl (C=O) groups excluding carboxylic acids is 1. The third kappa shape index (κ3) is 4.81. The molecule has 0 spiro atoms. The van der Waals surface area contributed by atoms with Gasteiger partial charge in [0, 0.05) is 24.1 Å². The summed E-state index contributed by atoms with van der Waals surface area (Å²) in [4.78, 5) is 33.0. The van der Waals surface area contributed by atoms with Crippen molar-refractivity contribution in [3.8, 4) is 11.1 Å². The molecule has 148 valence electrons. The van der Waals surface area contributed by atoms with Gasteiger partial charge in [-0.1, -0.05) is 30.3 Å². The summed E-state index contributed by atoms with van der Waals surface area (Å²) in [5.74, 6) is 0.978. The molecule has 2 aromatic heterocycles. The number of thioether (sulfide) groups is 1. The third-order valence-electron chi connectivity index (χ3n) is 4.22. The Morgan fingerprint density at radius 3 is 2.79 bits per heavy atom. The van der Waals surface area contributed by atoms with Crippen molar-refractivity contribution in [2.75, 3.05) is 13.7 Å². The topological polar surface area (TPSA) is 84.1 Å². The van der Waals surface area contributed by atoms with Crippen molar-refractivity contribution in [2.24, 2.45) is 0 Å². The molecular formula is C20H23N3O3S2. The van der Waals surface area contributed by atoms with E-state index in [1.54, 1.807) is 7.11 Å². The summed E-state index contributed by atoms with van der Waals surface area (Å²) in [7, 11) is 1.60. The molecule has 6 nitrogen and oxygen atoms in total. The van der Waals surface area contributed by atoms with Gasteiger partial charge in [0.25, 0.3) is 5.56 Å². The summed E-state index contributed by atoms with van der Waals surface area (Å²) in [6.45, 7) is 4.21. The van der Waals surface area contributed by atoms with Crippen molar-refractivity contribution in [3.63, 3.8) is 0 Å². The van der Waals surface area contributed by atoms with E-state index in [0.717, 1.165) is 11.1 Å². The fourth-order valence-electron chi connectivity index (χ4n) is 2.82. The molecule has 0 aliphatic carbocycles. The smallest absolute Gasteiger partial charge is 0.260 e. The number of amides is 1. The van der Waals surface area contributed by atoms with Crippen LogP contribution in [0, 0.1) is 0 Å². The van der Waals surface area contributed by atoms with Gasteiger partial charge in [-0.2, -0.15) is 0 Å². The van der Waals surface area contributed by atoms with Crippen LogP contribution in [0.3, 0.4) is 0 Å². The SMILES string of the molecule is COC[C@H](C)NC(=O)[C@@H](C)SCc1nc2scc(-c3ccccc3)c2c(=O)[nH]1. The van der Waals surface area contributed by atoms with Crippen LogP contribution in [0.2, 0.25) is 0 Å². The number of aromatic nitrogens is 2. The Bertz CT molecular complexity index is 1000. The number of rotatable bonds is 8. The zero-order valence-electron chi connectivity index (χ0n) is 16.0. The largest absolute Gasteiger partial charge is 0.383 e. The molecule has 0 aliphatic rings. The summed E-state index contributed by atoms with van der Waals surface area (Å²) in [5, 5.41) is 5.22. The first-order valence-electron chi connectivity index (χ1n) is 8.96. The van der Waals surface area contributed by atoms with Gasteiger partial charge in [0.15, 0.2) is 0 Å². The summed E-state index contributed by atoms with van der Waals surface area (Å²) >= 11 is 2.90. The average molecular weight is 418 g/mol. The number of thiophene rings is 1. The summed E-state index contributed by atoms with van der Waals surface area (Å²) in [5.41, 5.74) is 1.75. The number of carbonyl (C=O) groups is 1. The third-order valence-corrected chi connectivity index (χ3v) is 6.25. The quantitative estimate of drug-likeness (QED) is 0.587. The number of ether oxygens (including phenoxy) is 1. The van der Waals surface area contributed by atoms with E-state index in [2.05, 4.69) is 15.3 Å². The fourth-order valence-corrected chi connectivity index (χ4v) is 4.55. The van der Waals surface area contributed by atoms with Gasteiger partial charge in [-0.05, 0) is 19.4 Å². The number of nitrogens with one attached hydrogen (secondary N) is 2. The zero-order chi connectivity index (χ0) is 20.1. The van der Waals surface area contributed by atoms with E-state index in [-0.39, 0.29) is 22.8 Å². The lowest BCUT2D eigenvalue weighted by Crippen LogP contribution is -2.40. The number of H-pyrrole nitrogens is 1. The number of benzene rings is 1. The van der Waals surface area contributed by atoms with Gasteiger partial charge in [-0.25, -0.2) is 4.98 Å². The lowest BCUT2D eigenvalue weighted by molar-refractivity contribution is -0.121. The van der Waals surface area contributed by atoms with Crippen molar-refractivity contribution in [1.82, 2.24) is 15.3 Å². The van der Waals surface area contributed by atoms with E-state index >= 15 is 0 Å². The van der Waals surface area contributed by atoms with Crippen molar-refractivity contribution < 1.29 is 9.53 Å². The van der Waals surface area contributed by atoms with Crippen molar-refractivity contribution in [1.29, 1.82) is 0 Å². The Hall–Kier alpha value is -2.16. The minimum Gasteiger partial charge on any atom is -0.383 e. The Morgan fingerprint density at radius 1 is 1.32 bits per heavy atom. The molecule has 0 unspecified atom stereocenters. The predicted octanol–water partition coefficient (Wildman–Crippen LogP) is 3.42. The molecule has 8 heteroatoms. The van der Waals surface area contributed by atoms with E-state index in [1.165, 1.54) is 23.1 Å². The standard InChI is InChI=1S/C20H23N3O3S2/c1-12(9-26-3)21-18(24)13(2)27-11-16-22-19(25)17-15(10-28-20(17)23-16)14-7-5-4-6-8-14/h4-8,10,12-13H,9,11H2,1-3H3,(H,21,24)(H,22,23,25)/t12-,13+/m0/s1. The van der Waals surface area contributed by atoms with Gasteiger partial charge in [-0.3, -0.25) is 9.59 Å². The van der Waals surface area contributed by atoms with E-state index in [0.29, 0.717) is 28.4 Å². The second-order valence-electron chi connectivity index (χ2n) is 6.53. The molecule has 0 fully saturated rings. The second-order valence-corrected chi connectivity index (χ2v) is 8.71. The molecule has 1 amide bonds. The fraction of sp³-hybridized carbons (Fsp3) is 0.350. The van der Waals surface area contributed by atoms with E-state index in [4.69, 9.17) is 4.74 Å². The van der Waals surface area contributed by atoms with Crippen LogP contribution >= 0.6 is 23.1 Å². The van der Waals surface area contributed by atoms with Crippen LogP contribution < -0.4 is 10.9 Å². The summed E-state index contributed by atoms with van der Waals surface area (Å²) in [6, 6.07) is 9.77. The number of hydrogen-bond acceptors (Lipinski definition) is 6. The van der Waals surface area contributed by atoms with E-state index < -0.39 is 0 Å². The Morgan fingerprint density at radius 2 is 2.07 bits per heavy atom. The van der Waals surface area contributed by atoms with Crippen LogP contribution in [0.15, 0.2) is 40.5 Å². The Labute approximate surface area is 171 Å². The normalized spacial score (nSPS) is 13.4. The Kier molecular flexibility index (Phi) is 6.88. The highest BCUT2D eigenvalue weighted by Gasteiger charge is 2.17. The molecule has 2 atom stereocenters. The van der Waals surface area contributed by atoms with Gasteiger partial charge in [0.1, 0.15) is 10.7 Å². The molecule has 3 rings (SSSR count). The van der Waals surface area contributed by atoms with Gasteiger partial charge >= 0.3 is 0 Å². The number of aromatic amines is 1. The molecule has 0 saturated carbocycles. The first-order chi connectivity index (χ1) is 13.5. The molecule has 2 heterocycles. The second kappa shape index (κ2) is 9.36.